The summed E-state index contributed by atoms with van der Waals surface area (Å²) in [6, 6.07) is 18.0. The highest BCUT2D eigenvalue weighted by molar-refractivity contribution is 6.09. The van der Waals surface area contributed by atoms with Crippen LogP contribution < -0.4 is 11.3 Å². The first kappa shape index (κ1) is 17.0. The summed E-state index contributed by atoms with van der Waals surface area (Å²) in [5, 5.41) is 0. The molecule has 0 saturated carbocycles. The number of hydrazine groups is 1. The normalized spacial score (nSPS) is 21.9. The predicted octanol–water partition coefficient (Wildman–Crippen LogP) is 2.94. The van der Waals surface area contributed by atoms with E-state index >= 15 is 0 Å². The van der Waals surface area contributed by atoms with Crippen LogP contribution in [0.2, 0.25) is 0 Å². The van der Waals surface area contributed by atoms with E-state index < -0.39 is 11.3 Å². The maximum absolute atomic E-state index is 13.3. The molecule has 2 aromatic rings. The molecule has 0 spiro atoms. The number of Topliss-reactive ketones (excluding diaryl/α,β-unsaturated/α-hetero) is 2. The van der Waals surface area contributed by atoms with Gasteiger partial charge in [0.25, 0.3) is 0 Å². The van der Waals surface area contributed by atoms with Crippen LogP contribution in [-0.4, -0.2) is 18.1 Å². The first-order valence-corrected chi connectivity index (χ1v) is 8.17. The molecule has 0 aliphatic heterocycles. The van der Waals surface area contributed by atoms with Gasteiger partial charge >= 0.3 is 0 Å². The highest BCUT2D eigenvalue weighted by Crippen LogP contribution is 2.38. The zero-order chi connectivity index (χ0) is 17.7. The van der Waals surface area contributed by atoms with Crippen LogP contribution in [0.25, 0.3) is 0 Å². The van der Waals surface area contributed by atoms with Crippen molar-refractivity contribution in [3.63, 3.8) is 0 Å². The number of hydrogen-bond donors (Lipinski definition) is 2. The Bertz CT molecular complexity index is 812. The largest absolute Gasteiger partial charge is 0.293 e. The topological polar surface area (TPSA) is 72.2 Å². The molecular formula is C21H20N2O2. The molecule has 1 aliphatic carbocycles. The zero-order valence-corrected chi connectivity index (χ0v) is 13.8. The smallest absolute Gasteiger partial charge is 0.175 e. The molecule has 0 bridgehead atoms. The highest BCUT2D eigenvalue weighted by Gasteiger charge is 2.46. The standard InChI is InChI=1S/C21H20N2O2/c22-23-15-21(20(25)17-11-5-2-6-12-17)14-8-7-13-18(21)19(24)16-9-3-1-4-10-16/h1-14,18,23H,15,22H2. The number of ketones is 2. The van der Waals surface area contributed by atoms with Crippen molar-refractivity contribution < 1.29 is 9.59 Å². The van der Waals surface area contributed by atoms with Gasteiger partial charge in [-0.25, -0.2) is 0 Å². The fraction of sp³-hybridized carbons (Fsp3) is 0.143. The summed E-state index contributed by atoms with van der Waals surface area (Å²) in [5.41, 5.74) is 2.69. The summed E-state index contributed by atoms with van der Waals surface area (Å²) in [7, 11) is 0. The highest BCUT2D eigenvalue weighted by atomic mass is 16.1. The summed E-state index contributed by atoms with van der Waals surface area (Å²) in [5.74, 6) is 4.75. The van der Waals surface area contributed by atoms with E-state index in [0.29, 0.717) is 11.1 Å². The maximum atomic E-state index is 13.3. The average molecular weight is 332 g/mol. The second-order valence-corrected chi connectivity index (χ2v) is 6.07. The molecule has 2 aromatic carbocycles. The van der Waals surface area contributed by atoms with Crippen molar-refractivity contribution in [2.75, 3.05) is 6.54 Å². The Morgan fingerprint density at radius 3 is 2.12 bits per heavy atom. The molecule has 0 radical (unpaired) electrons. The third-order valence-electron chi connectivity index (χ3n) is 4.56. The van der Waals surface area contributed by atoms with Crippen molar-refractivity contribution in [1.82, 2.24) is 5.43 Å². The molecule has 2 unspecified atom stereocenters. The lowest BCUT2D eigenvalue weighted by molar-refractivity contribution is 0.0708. The van der Waals surface area contributed by atoms with Crippen molar-refractivity contribution >= 4 is 11.6 Å². The van der Waals surface area contributed by atoms with E-state index in [1.54, 1.807) is 48.6 Å². The van der Waals surface area contributed by atoms with E-state index in [1.165, 1.54) is 0 Å². The van der Waals surface area contributed by atoms with Crippen LogP contribution in [0.5, 0.6) is 0 Å². The fourth-order valence-electron chi connectivity index (χ4n) is 3.27. The van der Waals surface area contributed by atoms with Crippen LogP contribution in [0.1, 0.15) is 20.7 Å². The Kier molecular flexibility index (Phi) is 5.03. The quantitative estimate of drug-likeness (QED) is 0.485. The Labute approximate surface area is 147 Å². The first-order valence-electron chi connectivity index (χ1n) is 8.17. The predicted molar refractivity (Wildman–Crippen MR) is 97.9 cm³/mol. The number of carbonyl (C=O) groups is 2. The van der Waals surface area contributed by atoms with Gasteiger partial charge in [0.05, 0.1) is 11.3 Å². The SMILES string of the molecule is NNCC1(C(=O)c2ccccc2)C=CC=CC1C(=O)c1ccccc1. The number of nitrogens with one attached hydrogen (secondary N) is 1. The molecule has 0 aromatic heterocycles. The number of hydrogen-bond acceptors (Lipinski definition) is 4. The molecule has 1 aliphatic rings. The molecule has 126 valence electrons. The van der Waals surface area contributed by atoms with E-state index in [1.807, 2.05) is 36.4 Å². The van der Waals surface area contributed by atoms with E-state index in [0.717, 1.165) is 0 Å². The second-order valence-electron chi connectivity index (χ2n) is 6.07. The molecule has 0 amide bonds. The molecule has 2 atom stereocenters. The van der Waals surface area contributed by atoms with Gasteiger partial charge in [-0.15, -0.1) is 0 Å². The van der Waals surface area contributed by atoms with Crippen LogP contribution in [0.4, 0.5) is 0 Å². The van der Waals surface area contributed by atoms with Gasteiger partial charge in [-0.05, 0) is 0 Å². The molecule has 3 rings (SSSR count). The number of benzene rings is 2. The average Bonchev–Trinajstić information content (AvgIpc) is 2.69. The molecule has 25 heavy (non-hydrogen) atoms. The van der Waals surface area contributed by atoms with Gasteiger partial charge in [0.1, 0.15) is 0 Å². The lowest BCUT2D eigenvalue weighted by Crippen LogP contribution is -2.49. The Morgan fingerprint density at radius 2 is 1.52 bits per heavy atom. The zero-order valence-electron chi connectivity index (χ0n) is 13.8. The molecule has 0 heterocycles. The summed E-state index contributed by atoms with van der Waals surface area (Å²) < 4.78 is 0. The van der Waals surface area contributed by atoms with Crippen molar-refractivity contribution in [3.8, 4) is 0 Å². The van der Waals surface area contributed by atoms with Crippen molar-refractivity contribution in [2.24, 2.45) is 17.2 Å². The van der Waals surface area contributed by atoms with Crippen LogP contribution in [0, 0.1) is 11.3 Å². The van der Waals surface area contributed by atoms with Crippen molar-refractivity contribution in [1.29, 1.82) is 0 Å². The van der Waals surface area contributed by atoms with E-state index in [4.69, 9.17) is 5.84 Å². The lowest BCUT2D eigenvalue weighted by atomic mass is 9.65. The van der Waals surface area contributed by atoms with Crippen LogP contribution in [-0.2, 0) is 0 Å². The number of allylic oxidation sites excluding steroid dienone is 3. The Hall–Kier alpha value is -2.82. The van der Waals surface area contributed by atoms with Gasteiger partial charge in [-0.1, -0.05) is 85.0 Å². The third-order valence-corrected chi connectivity index (χ3v) is 4.56. The number of nitrogens with two attached hydrogens (primary N) is 1. The fourth-order valence-corrected chi connectivity index (χ4v) is 3.27. The van der Waals surface area contributed by atoms with E-state index in [-0.39, 0.29) is 18.1 Å². The summed E-state index contributed by atoms with van der Waals surface area (Å²) in [6.07, 6.45) is 7.17. The van der Waals surface area contributed by atoms with Gasteiger partial charge in [-0.3, -0.25) is 20.9 Å². The van der Waals surface area contributed by atoms with Crippen LogP contribution in [0.15, 0.2) is 85.0 Å². The van der Waals surface area contributed by atoms with Gasteiger partial charge in [0, 0.05) is 17.7 Å². The minimum Gasteiger partial charge on any atom is -0.293 e. The molecular weight excluding hydrogens is 312 g/mol. The molecule has 4 nitrogen and oxygen atoms in total. The lowest BCUT2D eigenvalue weighted by Gasteiger charge is -2.36. The maximum Gasteiger partial charge on any atom is 0.175 e. The molecule has 3 N–H and O–H groups in total. The summed E-state index contributed by atoms with van der Waals surface area (Å²) in [6.45, 7) is 0.171. The Balaban J connectivity index is 2.06. The summed E-state index contributed by atoms with van der Waals surface area (Å²) in [4.78, 5) is 26.4. The first-order chi connectivity index (χ1) is 12.2. The minimum atomic E-state index is -1.06. The minimum absolute atomic E-state index is 0.0965. The third kappa shape index (κ3) is 3.22. The van der Waals surface area contributed by atoms with Crippen LogP contribution >= 0.6 is 0 Å². The molecule has 0 saturated heterocycles. The monoisotopic (exact) mass is 332 g/mol. The molecule has 0 fully saturated rings. The van der Waals surface area contributed by atoms with Gasteiger partial charge in [-0.2, -0.15) is 0 Å². The van der Waals surface area contributed by atoms with Crippen molar-refractivity contribution in [3.05, 3.63) is 96.1 Å². The van der Waals surface area contributed by atoms with E-state index in [2.05, 4.69) is 5.43 Å². The van der Waals surface area contributed by atoms with Gasteiger partial charge in [0.15, 0.2) is 11.6 Å². The van der Waals surface area contributed by atoms with Gasteiger partial charge < -0.3 is 0 Å². The molecule has 4 heteroatoms. The van der Waals surface area contributed by atoms with Crippen LogP contribution in [0.3, 0.4) is 0 Å². The number of carbonyl (C=O) groups excluding carboxylic acids is 2. The Morgan fingerprint density at radius 1 is 0.920 bits per heavy atom. The number of rotatable bonds is 6. The van der Waals surface area contributed by atoms with Gasteiger partial charge in [0.2, 0.25) is 0 Å². The van der Waals surface area contributed by atoms with E-state index in [9.17, 15) is 9.59 Å². The second kappa shape index (κ2) is 7.38. The van der Waals surface area contributed by atoms with Crippen molar-refractivity contribution in [2.45, 2.75) is 0 Å². The summed E-state index contributed by atoms with van der Waals surface area (Å²) >= 11 is 0.